The Labute approximate surface area is 186 Å². The fourth-order valence-electron chi connectivity index (χ4n) is 4.61. The van der Waals surface area contributed by atoms with Crippen LogP contribution >= 0.6 is 0 Å². The summed E-state index contributed by atoms with van der Waals surface area (Å²) < 4.78 is 0. The molecule has 150 valence electrons. The van der Waals surface area contributed by atoms with Crippen molar-refractivity contribution in [3.05, 3.63) is 126 Å². The molecule has 1 aliphatic carbocycles. The molecule has 0 aliphatic heterocycles. The van der Waals surface area contributed by atoms with Crippen molar-refractivity contribution in [3.63, 3.8) is 0 Å². The summed E-state index contributed by atoms with van der Waals surface area (Å²) in [5.74, 6) is 0.0405. The van der Waals surface area contributed by atoms with Crippen LogP contribution in [0.25, 0.3) is 44.8 Å². The van der Waals surface area contributed by atoms with Gasteiger partial charge in [-0.1, -0.05) is 115 Å². The largest absolute Gasteiger partial charge is 0.288 e. The van der Waals surface area contributed by atoms with Crippen molar-refractivity contribution >= 4 is 5.78 Å². The lowest BCUT2D eigenvalue weighted by Crippen LogP contribution is -2.04. The van der Waals surface area contributed by atoms with E-state index in [9.17, 15) is 4.79 Å². The van der Waals surface area contributed by atoms with Crippen molar-refractivity contribution in [1.82, 2.24) is 4.98 Å². The summed E-state index contributed by atoms with van der Waals surface area (Å²) in [6.45, 7) is 0. The molecule has 1 aromatic heterocycles. The van der Waals surface area contributed by atoms with Crippen LogP contribution in [0.2, 0.25) is 0 Å². The molecule has 5 aromatic rings. The van der Waals surface area contributed by atoms with Crippen LogP contribution in [0.3, 0.4) is 0 Å². The van der Waals surface area contributed by atoms with Crippen molar-refractivity contribution < 1.29 is 4.79 Å². The molecule has 0 fully saturated rings. The zero-order valence-electron chi connectivity index (χ0n) is 17.3. The van der Waals surface area contributed by atoms with Crippen LogP contribution in [0.1, 0.15) is 15.9 Å². The first-order chi connectivity index (χ1) is 15.8. The number of carbonyl (C=O) groups is 1. The molecular weight excluding hydrogens is 390 g/mol. The Morgan fingerprint density at radius 2 is 0.875 bits per heavy atom. The molecule has 0 saturated heterocycles. The molecule has 0 spiro atoms. The molecule has 1 aliphatic rings. The highest BCUT2D eigenvalue weighted by Crippen LogP contribution is 2.48. The van der Waals surface area contributed by atoms with Crippen molar-refractivity contribution in [2.24, 2.45) is 0 Å². The average molecular weight is 409 g/mol. The third kappa shape index (κ3) is 2.81. The number of ketones is 1. The molecule has 0 unspecified atom stereocenters. The predicted octanol–water partition coefficient (Wildman–Crippen LogP) is 7.29. The summed E-state index contributed by atoms with van der Waals surface area (Å²) in [6, 6.07) is 38.5. The van der Waals surface area contributed by atoms with Crippen molar-refractivity contribution in [2.45, 2.75) is 0 Å². The number of carbonyl (C=O) groups excluding carboxylic acids is 1. The SMILES string of the molecule is O=C1c2ccccc2-c2nc(-c3ccccc3)c(-c3ccccc3)c(-c3ccccc3)c21. The number of rotatable bonds is 3. The number of fused-ring (bicyclic) bond motifs is 3. The van der Waals surface area contributed by atoms with Crippen LogP contribution in [0.15, 0.2) is 115 Å². The second-order valence-corrected chi connectivity index (χ2v) is 7.91. The first-order valence-electron chi connectivity index (χ1n) is 10.7. The van der Waals surface area contributed by atoms with E-state index < -0.39 is 0 Å². The van der Waals surface area contributed by atoms with E-state index >= 15 is 0 Å². The number of hydrogen-bond acceptors (Lipinski definition) is 2. The van der Waals surface area contributed by atoms with Gasteiger partial charge in [0.15, 0.2) is 5.78 Å². The lowest BCUT2D eigenvalue weighted by Gasteiger charge is -2.19. The molecule has 0 atom stereocenters. The Kier molecular flexibility index (Phi) is 4.29. The molecule has 6 rings (SSSR count). The predicted molar refractivity (Wildman–Crippen MR) is 129 cm³/mol. The van der Waals surface area contributed by atoms with Gasteiger partial charge in [-0.15, -0.1) is 0 Å². The van der Waals surface area contributed by atoms with Gasteiger partial charge in [0.25, 0.3) is 0 Å². The molecular formula is C30H19NO. The topological polar surface area (TPSA) is 30.0 Å². The molecule has 0 amide bonds. The van der Waals surface area contributed by atoms with Crippen LogP contribution in [-0.2, 0) is 0 Å². The van der Waals surface area contributed by atoms with Gasteiger partial charge in [0.05, 0.1) is 17.0 Å². The van der Waals surface area contributed by atoms with E-state index in [1.165, 1.54) is 0 Å². The second-order valence-electron chi connectivity index (χ2n) is 7.91. The minimum absolute atomic E-state index is 0.0405. The Bertz CT molecular complexity index is 1460. The quantitative estimate of drug-likeness (QED) is 0.307. The highest BCUT2D eigenvalue weighted by molar-refractivity contribution is 6.26. The van der Waals surface area contributed by atoms with E-state index in [4.69, 9.17) is 4.98 Å². The van der Waals surface area contributed by atoms with Gasteiger partial charge in [-0.3, -0.25) is 4.79 Å². The number of pyridine rings is 1. The summed E-state index contributed by atoms with van der Waals surface area (Å²) in [6.07, 6.45) is 0. The molecule has 2 heteroatoms. The fourth-order valence-corrected chi connectivity index (χ4v) is 4.61. The Hall–Kier alpha value is -4.30. The van der Waals surface area contributed by atoms with Gasteiger partial charge < -0.3 is 0 Å². The average Bonchev–Trinajstić information content (AvgIpc) is 3.16. The summed E-state index contributed by atoms with van der Waals surface area (Å²) in [4.78, 5) is 18.8. The highest BCUT2D eigenvalue weighted by Gasteiger charge is 2.34. The molecule has 4 aromatic carbocycles. The highest BCUT2D eigenvalue weighted by atomic mass is 16.1. The molecule has 2 nitrogen and oxygen atoms in total. The third-order valence-electron chi connectivity index (χ3n) is 6.02. The zero-order chi connectivity index (χ0) is 21.5. The maximum absolute atomic E-state index is 13.7. The lowest BCUT2D eigenvalue weighted by molar-refractivity contribution is 0.104. The van der Waals surface area contributed by atoms with E-state index in [1.54, 1.807) is 0 Å². The van der Waals surface area contributed by atoms with Gasteiger partial charge in [-0.25, -0.2) is 4.98 Å². The fraction of sp³-hybridized carbons (Fsp3) is 0. The van der Waals surface area contributed by atoms with Gasteiger partial charge in [0.2, 0.25) is 0 Å². The van der Waals surface area contributed by atoms with Gasteiger partial charge in [0, 0.05) is 27.8 Å². The maximum atomic E-state index is 13.7. The summed E-state index contributed by atoms with van der Waals surface area (Å²) >= 11 is 0. The smallest absolute Gasteiger partial charge is 0.196 e. The van der Waals surface area contributed by atoms with Crippen molar-refractivity contribution in [2.75, 3.05) is 0 Å². The van der Waals surface area contributed by atoms with Crippen LogP contribution in [-0.4, -0.2) is 10.8 Å². The molecule has 0 saturated carbocycles. The molecule has 0 bridgehead atoms. The third-order valence-corrected chi connectivity index (χ3v) is 6.02. The van der Waals surface area contributed by atoms with Crippen LogP contribution in [0, 0.1) is 0 Å². The van der Waals surface area contributed by atoms with E-state index in [2.05, 4.69) is 36.4 Å². The van der Waals surface area contributed by atoms with Crippen LogP contribution in [0.4, 0.5) is 0 Å². The van der Waals surface area contributed by atoms with Gasteiger partial charge >= 0.3 is 0 Å². The number of hydrogen-bond donors (Lipinski definition) is 0. The maximum Gasteiger partial charge on any atom is 0.196 e. The summed E-state index contributed by atoms with van der Waals surface area (Å²) in [5, 5.41) is 0. The normalized spacial score (nSPS) is 11.8. The lowest BCUT2D eigenvalue weighted by atomic mass is 9.86. The molecule has 0 radical (unpaired) electrons. The Morgan fingerprint density at radius 1 is 0.406 bits per heavy atom. The monoisotopic (exact) mass is 409 g/mol. The van der Waals surface area contributed by atoms with Gasteiger partial charge in [-0.05, 0) is 11.1 Å². The van der Waals surface area contributed by atoms with Crippen LogP contribution < -0.4 is 0 Å². The Morgan fingerprint density at radius 3 is 1.47 bits per heavy atom. The van der Waals surface area contributed by atoms with Gasteiger partial charge in [0.1, 0.15) is 0 Å². The first-order valence-corrected chi connectivity index (χ1v) is 10.7. The molecule has 1 heterocycles. The minimum atomic E-state index is 0.0405. The first kappa shape index (κ1) is 18.5. The number of aromatic nitrogens is 1. The zero-order valence-corrected chi connectivity index (χ0v) is 17.3. The van der Waals surface area contributed by atoms with Crippen LogP contribution in [0.5, 0.6) is 0 Å². The summed E-state index contributed by atoms with van der Waals surface area (Å²) in [5.41, 5.74) is 9.00. The number of nitrogens with zero attached hydrogens (tertiary/aromatic N) is 1. The van der Waals surface area contributed by atoms with Crippen molar-refractivity contribution in [1.29, 1.82) is 0 Å². The summed E-state index contributed by atoms with van der Waals surface area (Å²) in [7, 11) is 0. The minimum Gasteiger partial charge on any atom is -0.288 e. The van der Waals surface area contributed by atoms with Crippen molar-refractivity contribution in [3.8, 4) is 44.8 Å². The second kappa shape index (κ2) is 7.44. The number of benzene rings is 4. The van der Waals surface area contributed by atoms with Gasteiger partial charge in [-0.2, -0.15) is 0 Å². The van der Waals surface area contributed by atoms with E-state index in [1.807, 2.05) is 78.9 Å². The molecule has 0 N–H and O–H groups in total. The Balaban J connectivity index is 1.81. The van der Waals surface area contributed by atoms with E-state index in [0.29, 0.717) is 5.56 Å². The standard InChI is InChI=1S/C30H19NO/c32-30-24-19-11-10-18-23(24)29-27(30)25(20-12-4-1-5-13-20)26(21-14-6-2-7-15-21)28(31-29)22-16-8-3-9-17-22/h1-19H. The van der Waals surface area contributed by atoms with E-state index in [-0.39, 0.29) is 5.78 Å². The molecule has 32 heavy (non-hydrogen) atoms. The van der Waals surface area contributed by atoms with E-state index in [0.717, 1.165) is 50.3 Å².